The van der Waals surface area contributed by atoms with Crippen molar-refractivity contribution < 1.29 is 13.9 Å². The van der Waals surface area contributed by atoms with Crippen LogP contribution in [-0.4, -0.2) is 7.11 Å². The van der Waals surface area contributed by atoms with E-state index in [9.17, 15) is 4.79 Å². The van der Waals surface area contributed by atoms with Crippen LogP contribution in [0.1, 0.15) is 12.7 Å². The minimum atomic E-state index is -0.146. The Morgan fingerprint density at radius 1 is 1.08 bits per heavy atom. The highest BCUT2D eigenvalue weighted by Gasteiger charge is 2.16. The average Bonchev–Trinajstić information content (AvgIpc) is 2.60. The molecule has 0 spiro atoms. The molecule has 0 aliphatic carbocycles. The van der Waals surface area contributed by atoms with Gasteiger partial charge in [-0.2, -0.15) is 0 Å². The smallest absolute Gasteiger partial charge is 0.204 e. The molecule has 0 saturated carbocycles. The summed E-state index contributed by atoms with van der Waals surface area (Å²) in [6.07, 6.45) is 2.53. The lowest BCUT2D eigenvalue weighted by molar-refractivity contribution is 0.415. The van der Waals surface area contributed by atoms with E-state index in [0.717, 1.165) is 11.3 Å². The van der Waals surface area contributed by atoms with Crippen molar-refractivity contribution in [1.82, 2.24) is 0 Å². The van der Waals surface area contributed by atoms with E-state index in [1.54, 1.807) is 39.2 Å². The summed E-state index contributed by atoms with van der Waals surface area (Å²) in [7, 11) is 1.60. The van der Waals surface area contributed by atoms with Gasteiger partial charge in [0.25, 0.3) is 0 Å². The lowest BCUT2D eigenvalue weighted by Gasteiger charge is -2.09. The van der Waals surface area contributed by atoms with Gasteiger partial charge in [-0.25, -0.2) is 0 Å². The Morgan fingerprint density at radius 3 is 2.50 bits per heavy atom. The van der Waals surface area contributed by atoms with E-state index < -0.39 is 0 Å². The lowest BCUT2D eigenvalue weighted by atomic mass is 10.0. The van der Waals surface area contributed by atoms with Gasteiger partial charge in [0.1, 0.15) is 28.6 Å². The van der Waals surface area contributed by atoms with E-state index in [4.69, 9.17) is 13.9 Å². The molecule has 0 atom stereocenters. The minimum absolute atomic E-state index is 0.146. The summed E-state index contributed by atoms with van der Waals surface area (Å²) in [4.78, 5) is 13.1. The SMILES string of the molecule is CC#COc1cccc2oc(C)c(-c3ccc(OC)cc3)c(=O)c12. The predicted octanol–water partition coefficient (Wildman–Crippen LogP) is 4.14. The van der Waals surface area contributed by atoms with Crippen LogP contribution in [0.4, 0.5) is 0 Å². The second kappa shape index (κ2) is 6.51. The molecule has 0 N–H and O–H groups in total. The maximum Gasteiger partial charge on any atom is 0.204 e. The number of ether oxygens (including phenoxy) is 2. The topological polar surface area (TPSA) is 48.7 Å². The van der Waals surface area contributed by atoms with Crippen molar-refractivity contribution in [1.29, 1.82) is 0 Å². The van der Waals surface area contributed by atoms with Crippen molar-refractivity contribution >= 4 is 11.0 Å². The van der Waals surface area contributed by atoms with Gasteiger partial charge < -0.3 is 13.9 Å². The van der Waals surface area contributed by atoms with Gasteiger partial charge in [0.05, 0.1) is 12.7 Å². The minimum Gasteiger partial charge on any atom is -0.497 e. The van der Waals surface area contributed by atoms with E-state index >= 15 is 0 Å². The van der Waals surface area contributed by atoms with Crippen molar-refractivity contribution in [3.63, 3.8) is 0 Å². The van der Waals surface area contributed by atoms with E-state index in [2.05, 4.69) is 12.0 Å². The zero-order chi connectivity index (χ0) is 17.1. The zero-order valence-electron chi connectivity index (χ0n) is 13.7. The first-order valence-electron chi connectivity index (χ1n) is 7.45. The number of benzene rings is 2. The fourth-order valence-corrected chi connectivity index (χ4v) is 2.60. The lowest BCUT2D eigenvalue weighted by Crippen LogP contribution is -2.08. The fraction of sp³-hybridized carbons (Fsp3) is 0.150. The first kappa shape index (κ1) is 15.7. The highest BCUT2D eigenvalue weighted by Crippen LogP contribution is 2.29. The molecule has 24 heavy (non-hydrogen) atoms. The fourth-order valence-electron chi connectivity index (χ4n) is 2.60. The van der Waals surface area contributed by atoms with Crippen molar-refractivity contribution in [2.45, 2.75) is 13.8 Å². The molecule has 3 aromatic rings. The van der Waals surface area contributed by atoms with Crippen LogP contribution in [0, 0.1) is 19.0 Å². The summed E-state index contributed by atoms with van der Waals surface area (Å²) in [5.41, 5.74) is 1.60. The Hall–Kier alpha value is -3.19. The molecule has 0 unspecified atom stereocenters. The molecule has 4 nitrogen and oxygen atoms in total. The van der Waals surface area contributed by atoms with E-state index in [-0.39, 0.29) is 5.43 Å². The second-order valence-electron chi connectivity index (χ2n) is 5.17. The molecule has 0 aliphatic rings. The molecular formula is C20H16O4. The maximum absolute atomic E-state index is 13.1. The van der Waals surface area contributed by atoms with Gasteiger partial charge in [0.2, 0.25) is 5.43 Å². The quantitative estimate of drug-likeness (QED) is 0.681. The summed E-state index contributed by atoms with van der Waals surface area (Å²) in [5, 5.41) is 0.386. The molecule has 0 amide bonds. The van der Waals surface area contributed by atoms with Gasteiger partial charge in [-0.3, -0.25) is 4.79 Å². The third-order valence-electron chi connectivity index (χ3n) is 3.70. The third-order valence-corrected chi connectivity index (χ3v) is 3.70. The number of hydrogen-bond acceptors (Lipinski definition) is 4. The molecule has 3 rings (SSSR count). The standard InChI is InChI=1S/C20H16O4/c1-4-12-23-16-6-5-7-17-19(16)20(21)18(13(2)24-17)14-8-10-15(22-3)11-9-14/h5-11H,1-3H3. The van der Waals surface area contributed by atoms with Gasteiger partial charge in [-0.05, 0) is 36.8 Å². The summed E-state index contributed by atoms with van der Waals surface area (Å²) in [6, 6.07) is 12.5. The Balaban J connectivity index is 2.27. The Kier molecular flexibility index (Phi) is 4.26. The number of rotatable bonds is 3. The summed E-state index contributed by atoms with van der Waals surface area (Å²) in [5.74, 6) is 4.32. The zero-order valence-corrected chi connectivity index (χ0v) is 13.7. The predicted molar refractivity (Wildman–Crippen MR) is 93.3 cm³/mol. The molecule has 0 aliphatic heterocycles. The van der Waals surface area contributed by atoms with Crippen molar-refractivity contribution in [3.8, 4) is 34.7 Å². The third kappa shape index (κ3) is 2.72. The summed E-state index contributed by atoms with van der Waals surface area (Å²) >= 11 is 0. The van der Waals surface area contributed by atoms with Crippen molar-refractivity contribution in [2.75, 3.05) is 7.11 Å². The molecule has 2 aromatic carbocycles. The summed E-state index contributed by atoms with van der Waals surface area (Å²) in [6.45, 7) is 3.44. The number of hydrogen-bond donors (Lipinski definition) is 0. The maximum atomic E-state index is 13.1. The normalized spacial score (nSPS) is 10.1. The molecule has 0 saturated heterocycles. The first-order valence-corrected chi connectivity index (χ1v) is 7.45. The van der Waals surface area contributed by atoms with Crippen LogP contribution in [-0.2, 0) is 0 Å². The van der Waals surface area contributed by atoms with E-state index in [0.29, 0.717) is 28.0 Å². The Labute approximate surface area is 139 Å². The van der Waals surface area contributed by atoms with Crippen molar-refractivity contribution in [2.24, 2.45) is 0 Å². The van der Waals surface area contributed by atoms with Gasteiger partial charge >= 0.3 is 0 Å². The number of fused-ring (bicyclic) bond motifs is 1. The molecule has 120 valence electrons. The number of methoxy groups -OCH3 is 1. The van der Waals surface area contributed by atoms with Crippen LogP contribution in [0.15, 0.2) is 51.7 Å². The molecule has 1 aromatic heterocycles. The van der Waals surface area contributed by atoms with Crippen LogP contribution in [0.3, 0.4) is 0 Å². The molecule has 0 fully saturated rings. The number of aryl methyl sites for hydroxylation is 1. The van der Waals surface area contributed by atoms with E-state index in [1.165, 1.54) is 0 Å². The Bertz CT molecular complexity index is 1000. The van der Waals surface area contributed by atoms with Gasteiger partial charge in [0, 0.05) is 6.92 Å². The van der Waals surface area contributed by atoms with Gasteiger partial charge in [0.15, 0.2) is 5.75 Å². The Morgan fingerprint density at radius 2 is 1.83 bits per heavy atom. The van der Waals surface area contributed by atoms with Crippen LogP contribution < -0.4 is 14.9 Å². The van der Waals surface area contributed by atoms with Crippen LogP contribution in [0.5, 0.6) is 11.5 Å². The molecule has 1 heterocycles. The van der Waals surface area contributed by atoms with Crippen LogP contribution >= 0.6 is 0 Å². The van der Waals surface area contributed by atoms with Gasteiger partial charge in [-0.1, -0.05) is 24.1 Å². The molecule has 0 bridgehead atoms. The average molecular weight is 320 g/mol. The summed E-state index contributed by atoms with van der Waals surface area (Å²) < 4.78 is 16.4. The molecule has 0 radical (unpaired) electrons. The highest BCUT2D eigenvalue weighted by atomic mass is 16.5. The molecule has 4 heteroatoms. The van der Waals surface area contributed by atoms with Crippen LogP contribution in [0.2, 0.25) is 0 Å². The second-order valence-corrected chi connectivity index (χ2v) is 5.17. The van der Waals surface area contributed by atoms with Crippen molar-refractivity contribution in [3.05, 3.63) is 58.4 Å². The van der Waals surface area contributed by atoms with E-state index in [1.807, 2.05) is 24.3 Å². The first-order chi connectivity index (χ1) is 11.7. The molecular weight excluding hydrogens is 304 g/mol. The largest absolute Gasteiger partial charge is 0.497 e. The monoisotopic (exact) mass is 320 g/mol. The van der Waals surface area contributed by atoms with Gasteiger partial charge in [-0.15, -0.1) is 0 Å². The highest BCUT2D eigenvalue weighted by molar-refractivity contribution is 5.88. The van der Waals surface area contributed by atoms with Crippen LogP contribution in [0.25, 0.3) is 22.1 Å².